The highest BCUT2D eigenvalue weighted by Crippen LogP contribution is 2.10. The minimum Gasteiger partial charge on any atom is -0.476 e. The van der Waals surface area contributed by atoms with Crippen LogP contribution in [0.25, 0.3) is 0 Å². The summed E-state index contributed by atoms with van der Waals surface area (Å²) in [7, 11) is 0. The summed E-state index contributed by atoms with van der Waals surface area (Å²) in [5.74, 6) is 0.818. The summed E-state index contributed by atoms with van der Waals surface area (Å²) in [6.07, 6.45) is 1.35. The summed E-state index contributed by atoms with van der Waals surface area (Å²) < 4.78 is 5.39. The van der Waals surface area contributed by atoms with Crippen molar-refractivity contribution in [1.82, 2.24) is 0 Å². The molecule has 1 aromatic carbocycles. The summed E-state index contributed by atoms with van der Waals surface area (Å²) in [6.45, 7) is 3.71. The van der Waals surface area contributed by atoms with Crippen LogP contribution >= 0.6 is 0 Å². The molecule has 1 rings (SSSR count). The second kappa shape index (κ2) is 4.78. The lowest BCUT2D eigenvalue weighted by Gasteiger charge is -2.12. The van der Waals surface area contributed by atoms with E-state index in [1.165, 1.54) is 0 Å². The number of benzene rings is 1. The van der Waals surface area contributed by atoms with Gasteiger partial charge in [0.1, 0.15) is 12.0 Å². The van der Waals surface area contributed by atoms with Gasteiger partial charge in [-0.3, -0.25) is 5.73 Å². The summed E-state index contributed by atoms with van der Waals surface area (Å²) in [6, 6.07) is 9.57. The lowest BCUT2D eigenvalue weighted by molar-refractivity contribution is 0.200. The molecule has 0 aliphatic rings. The van der Waals surface area contributed by atoms with Crippen molar-refractivity contribution in [3.63, 3.8) is 0 Å². The third kappa shape index (κ3) is 2.93. The highest BCUT2D eigenvalue weighted by molar-refractivity contribution is 5.21. The molecule has 0 spiro atoms. The lowest BCUT2D eigenvalue weighted by Crippen LogP contribution is -2.26. The molecule has 1 atom stereocenters. The number of hydrogen-bond acceptors (Lipinski definition) is 2. The number of hydrogen-bond donors (Lipinski definition) is 1. The van der Waals surface area contributed by atoms with E-state index in [4.69, 9.17) is 10.5 Å². The maximum Gasteiger partial charge on any atom is 0.147 e. The van der Waals surface area contributed by atoms with Gasteiger partial charge >= 0.3 is 0 Å². The van der Waals surface area contributed by atoms with Gasteiger partial charge in [-0.05, 0) is 25.0 Å². The molecule has 2 heteroatoms. The maximum absolute atomic E-state index is 5.65. The molecular formula is C10H14NO. The lowest BCUT2D eigenvalue weighted by atomic mass is 10.3. The zero-order valence-electron chi connectivity index (χ0n) is 7.07. The highest BCUT2D eigenvalue weighted by atomic mass is 16.5. The maximum atomic E-state index is 5.65. The van der Waals surface area contributed by atoms with E-state index in [0.29, 0.717) is 0 Å². The average Bonchev–Trinajstić information content (AvgIpc) is 2.06. The number of nitrogens with two attached hydrogens (primary N) is 1. The number of para-hydroxylation sites is 1. The molecule has 0 saturated heterocycles. The monoisotopic (exact) mass is 164 g/mol. The van der Waals surface area contributed by atoms with E-state index in [0.717, 1.165) is 18.6 Å². The van der Waals surface area contributed by atoms with Crippen molar-refractivity contribution < 1.29 is 4.74 Å². The van der Waals surface area contributed by atoms with Crippen LogP contribution in [-0.2, 0) is 0 Å². The van der Waals surface area contributed by atoms with Crippen molar-refractivity contribution in [3.05, 3.63) is 37.3 Å². The third-order valence-electron chi connectivity index (χ3n) is 1.52. The Labute approximate surface area is 73.3 Å². The van der Waals surface area contributed by atoms with Crippen LogP contribution in [0, 0.1) is 6.92 Å². The Balaban J connectivity index is 2.41. The minimum atomic E-state index is -0.232. The van der Waals surface area contributed by atoms with Crippen LogP contribution in [0.5, 0.6) is 5.75 Å². The third-order valence-corrected chi connectivity index (χ3v) is 1.52. The average molecular weight is 164 g/mol. The van der Waals surface area contributed by atoms with Crippen LogP contribution in [0.1, 0.15) is 12.8 Å². The standard InChI is InChI=1S/C10H14NO/c1-2-6-10(11)12-9-7-4-3-5-8-9/h3-5,7-8,10H,1-2,6,11H2. The van der Waals surface area contributed by atoms with E-state index < -0.39 is 0 Å². The van der Waals surface area contributed by atoms with Crippen molar-refractivity contribution in [2.45, 2.75) is 19.1 Å². The second-order valence-electron chi connectivity index (χ2n) is 2.61. The molecule has 2 N–H and O–H groups in total. The van der Waals surface area contributed by atoms with Crippen LogP contribution in [0.15, 0.2) is 30.3 Å². The van der Waals surface area contributed by atoms with Crippen molar-refractivity contribution in [1.29, 1.82) is 0 Å². The Morgan fingerprint density at radius 1 is 1.33 bits per heavy atom. The van der Waals surface area contributed by atoms with Gasteiger partial charge < -0.3 is 4.74 Å². The zero-order chi connectivity index (χ0) is 8.81. The fourth-order valence-corrected chi connectivity index (χ4v) is 0.934. The molecule has 0 amide bonds. The van der Waals surface area contributed by atoms with E-state index in [2.05, 4.69) is 6.92 Å². The minimum absolute atomic E-state index is 0.232. The molecule has 2 nitrogen and oxygen atoms in total. The summed E-state index contributed by atoms with van der Waals surface area (Å²) >= 11 is 0. The van der Waals surface area contributed by atoms with Crippen molar-refractivity contribution in [2.75, 3.05) is 0 Å². The van der Waals surface area contributed by atoms with Crippen LogP contribution in [-0.4, -0.2) is 6.23 Å². The van der Waals surface area contributed by atoms with Gasteiger partial charge in [0, 0.05) is 0 Å². The molecule has 1 unspecified atom stereocenters. The SMILES string of the molecule is [CH2]CCC(N)Oc1ccccc1. The number of rotatable bonds is 4. The smallest absolute Gasteiger partial charge is 0.147 e. The van der Waals surface area contributed by atoms with Gasteiger partial charge in [-0.25, -0.2) is 0 Å². The normalized spacial score (nSPS) is 12.5. The first-order valence-corrected chi connectivity index (χ1v) is 4.09. The Hall–Kier alpha value is -1.02. The van der Waals surface area contributed by atoms with Gasteiger partial charge in [0.25, 0.3) is 0 Å². The Morgan fingerprint density at radius 2 is 2.00 bits per heavy atom. The number of ether oxygens (including phenoxy) is 1. The first-order chi connectivity index (χ1) is 5.83. The summed E-state index contributed by atoms with van der Waals surface area (Å²) in [5.41, 5.74) is 5.65. The molecule has 0 bridgehead atoms. The first-order valence-electron chi connectivity index (χ1n) is 4.09. The molecule has 65 valence electrons. The first kappa shape index (κ1) is 9.07. The second-order valence-corrected chi connectivity index (χ2v) is 2.61. The van der Waals surface area contributed by atoms with Crippen LogP contribution in [0.4, 0.5) is 0 Å². The molecule has 0 aliphatic carbocycles. The van der Waals surface area contributed by atoms with Crippen LogP contribution in [0.2, 0.25) is 0 Å². The predicted molar refractivity (Wildman–Crippen MR) is 49.6 cm³/mol. The van der Waals surface area contributed by atoms with E-state index in [9.17, 15) is 0 Å². The van der Waals surface area contributed by atoms with Gasteiger partial charge in [0.2, 0.25) is 0 Å². The molecule has 0 saturated carbocycles. The molecule has 0 aliphatic heterocycles. The molecule has 12 heavy (non-hydrogen) atoms. The largest absolute Gasteiger partial charge is 0.476 e. The van der Waals surface area contributed by atoms with Gasteiger partial charge in [0.15, 0.2) is 0 Å². The Morgan fingerprint density at radius 3 is 2.58 bits per heavy atom. The molecule has 0 heterocycles. The highest BCUT2D eigenvalue weighted by Gasteiger charge is 2.00. The molecule has 1 aromatic rings. The van der Waals surface area contributed by atoms with Crippen molar-refractivity contribution in [3.8, 4) is 5.75 Å². The molecular weight excluding hydrogens is 150 g/mol. The van der Waals surface area contributed by atoms with Crippen molar-refractivity contribution >= 4 is 0 Å². The summed E-state index contributed by atoms with van der Waals surface area (Å²) in [4.78, 5) is 0. The van der Waals surface area contributed by atoms with Gasteiger partial charge in [0.05, 0.1) is 0 Å². The van der Waals surface area contributed by atoms with Crippen LogP contribution in [0.3, 0.4) is 0 Å². The van der Waals surface area contributed by atoms with Gasteiger partial charge in [-0.15, -0.1) is 0 Å². The van der Waals surface area contributed by atoms with Crippen LogP contribution < -0.4 is 10.5 Å². The fourth-order valence-electron chi connectivity index (χ4n) is 0.934. The van der Waals surface area contributed by atoms with E-state index in [-0.39, 0.29) is 6.23 Å². The Kier molecular flexibility index (Phi) is 3.61. The topological polar surface area (TPSA) is 35.2 Å². The van der Waals surface area contributed by atoms with E-state index >= 15 is 0 Å². The van der Waals surface area contributed by atoms with E-state index in [1.807, 2.05) is 30.3 Å². The van der Waals surface area contributed by atoms with E-state index in [1.54, 1.807) is 0 Å². The fraction of sp³-hybridized carbons (Fsp3) is 0.300. The molecule has 0 aromatic heterocycles. The van der Waals surface area contributed by atoms with Crippen molar-refractivity contribution in [2.24, 2.45) is 5.73 Å². The zero-order valence-corrected chi connectivity index (χ0v) is 7.07. The molecule has 0 fully saturated rings. The quantitative estimate of drug-likeness (QED) is 0.690. The Bertz CT molecular complexity index is 210. The van der Waals surface area contributed by atoms with Gasteiger partial charge in [-0.1, -0.05) is 25.1 Å². The predicted octanol–water partition coefficient (Wildman–Crippen LogP) is 1.96. The summed E-state index contributed by atoms with van der Waals surface area (Å²) in [5, 5.41) is 0. The molecule has 1 radical (unpaired) electrons. The van der Waals surface area contributed by atoms with Gasteiger partial charge in [-0.2, -0.15) is 0 Å².